The van der Waals surface area contributed by atoms with Gasteiger partial charge in [-0.15, -0.1) is 0 Å². The lowest BCUT2D eigenvalue weighted by Gasteiger charge is -2.22. The summed E-state index contributed by atoms with van der Waals surface area (Å²) in [6.45, 7) is 1.91. The van der Waals surface area contributed by atoms with Gasteiger partial charge in [-0.1, -0.05) is 72.3 Å². The fourth-order valence-corrected chi connectivity index (χ4v) is 5.09. The molecule has 3 rings (SSSR count). The number of ether oxygens (including phenoxy) is 1. The van der Waals surface area contributed by atoms with Crippen LogP contribution in [0.15, 0.2) is 83.8 Å². The molecule has 6 nitrogen and oxygen atoms in total. The SMILES string of the molecule is COc1ccc(S(=O)(=O)N[C@@H](Cc2ccccc2)C(=O)N[C@H](C)CCc2ccccc2)cc1Cl. The predicted octanol–water partition coefficient (Wildman–Crippen LogP) is 4.38. The number of sulfonamides is 1. The fraction of sp³-hybridized carbons (Fsp3) is 0.269. The van der Waals surface area contributed by atoms with Gasteiger partial charge >= 0.3 is 0 Å². The highest BCUT2D eigenvalue weighted by molar-refractivity contribution is 7.89. The van der Waals surface area contributed by atoms with Crippen molar-refractivity contribution in [3.63, 3.8) is 0 Å². The molecule has 8 heteroatoms. The predicted molar refractivity (Wildman–Crippen MR) is 135 cm³/mol. The number of benzene rings is 3. The van der Waals surface area contributed by atoms with Crippen LogP contribution in [0.5, 0.6) is 5.75 Å². The standard InChI is InChI=1S/C26H29ClN2O4S/c1-19(13-14-20-9-5-3-6-10-20)28-26(30)24(17-21-11-7-4-8-12-21)29-34(31,32)22-15-16-25(33-2)23(27)18-22/h3-12,15-16,18-19,24,29H,13-14,17H2,1-2H3,(H,28,30)/t19-,24+/m1/s1. The maximum Gasteiger partial charge on any atom is 0.241 e. The van der Waals surface area contributed by atoms with Gasteiger partial charge in [-0.3, -0.25) is 4.79 Å². The molecule has 0 saturated carbocycles. The van der Waals surface area contributed by atoms with Crippen LogP contribution < -0.4 is 14.8 Å². The van der Waals surface area contributed by atoms with Gasteiger partial charge in [-0.05, 0) is 55.5 Å². The van der Waals surface area contributed by atoms with Crippen molar-refractivity contribution in [2.45, 2.75) is 43.2 Å². The Morgan fingerprint density at radius 2 is 1.59 bits per heavy atom. The van der Waals surface area contributed by atoms with Gasteiger partial charge < -0.3 is 10.1 Å². The summed E-state index contributed by atoms with van der Waals surface area (Å²) >= 11 is 6.12. The van der Waals surface area contributed by atoms with Crippen molar-refractivity contribution >= 4 is 27.5 Å². The molecule has 2 N–H and O–H groups in total. The van der Waals surface area contributed by atoms with Crippen molar-refractivity contribution in [1.29, 1.82) is 0 Å². The fourth-order valence-electron chi connectivity index (χ4n) is 3.55. The molecule has 180 valence electrons. The van der Waals surface area contributed by atoms with E-state index in [9.17, 15) is 13.2 Å². The first kappa shape index (κ1) is 25.7. The normalized spacial score (nSPS) is 13.1. The minimum Gasteiger partial charge on any atom is -0.495 e. The number of carbonyl (C=O) groups is 1. The molecule has 0 heterocycles. The first-order valence-electron chi connectivity index (χ1n) is 11.0. The van der Waals surface area contributed by atoms with E-state index in [0.717, 1.165) is 18.4 Å². The molecule has 1 amide bonds. The van der Waals surface area contributed by atoms with Crippen LogP contribution in [0.1, 0.15) is 24.5 Å². The Hall–Kier alpha value is -2.87. The van der Waals surface area contributed by atoms with Gasteiger partial charge in [0, 0.05) is 6.04 Å². The van der Waals surface area contributed by atoms with Crippen LogP contribution in [0.2, 0.25) is 5.02 Å². The third-order valence-corrected chi connectivity index (χ3v) is 7.19. The van der Waals surface area contributed by atoms with Crippen molar-refractivity contribution in [1.82, 2.24) is 10.0 Å². The molecule has 0 aliphatic rings. The highest BCUT2D eigenvalue weighted by atomic mass is 35.5. The van der Waals surface area contributed by atoms with E-state index in [1.54, 1.807) is 0 Å². The largest absolute Gasteiger partial charge is 0.495 e. The molecule has 0 aliphatic carbocycles. The van der Waals surface area contributed by atoms with Crippen LogP contribution in [0.25, 0.3) is 0 Å². The molecule has 0 radical (unpaired) electrons. The molecule has 2 atom stereocenters. The number of halogens is 1. The molecule has 0 unspecified atom stereocenters. The first-order chi connectivity index (χ1) is 16.3. The second-order valence-electron chi connectivity index (χ2n) is 8.09. The van der Waals surface area contributed by atoms with Crippen molar-refractivity contribution < 1.29 is 17.9 Å². The summed E-state index contributed by atoms with van der Waals surface area (Å²) in [7, 11) is -2.56. The molecule has 0 fully saturated rings. The summed E-state index contributed by atoms with van der Waals surface area (Å²) in [5.74, 6) is -0.0148. The van der Waals surface area contributed by atoms with Crippen LogP contribution in [-0.2, 0) is 27.7 Å². The second-order valence-corrected chi connectivity index (χ2v) is 10.2. The van der Waals surface area contributed by atoms with Crippen LogP contribution in [0.4, 0.5) is 0 Å². The van der Waals surface area contributed by atoms with Crippen molar-refractivity contribution in [2.75, 3.05) is 7.11 Å². The Balaban J connectivity index is 1.74. The Kier molecular flexibility index (Phi) is 9.10. The molecular weight excluding hydrogens is 472 g/mol. The first-order valence-corrected chi connectivity index (χ1v) is 12.9. The Labute approximate surface area is 206 Å². The highest BCUT2D eigenvalue weighted by Gasteiger charge is 2.27. The third kappa shape index (κ3) is 7.32. The van der Waals surface area contributed by atoms with Gasteiger partial charge in [0.25, 0.3) is 0 Å². The van der Waals surface area contributed by atoms with E-state index in [4.69, 9.17) is 16.3 Å². The Morgan fingerprint density at radius 3 is 2.18 bits per heavy atom. The zero-order valence-electron chi connectivity index (χ0n) is 19.2. The number of aryl methyl sites for hydroxylation is 1. The van der Waals surface area contributed by atoms with Gasteiger partial charge in [0.15, 0.2) is 0 Å². The van der Waals surface area contributed by atoms with Crippen LogP contribution in [0.3, 0.4) is 0 Å². The lowest BCUT2D eigenvalue weighted by atomic mass is 10.0. The van der Waals surface area contributed by atoms with Gasteiger partial charge in [0.05, 0.1) is 17.0 Å². The Morgan fingerprint density at radius 1 is 0.971 bits per heavy atom. The summed E-state index contributed by atoms with van der Waals surface area (Å²) in [6, 6.07) is 22.4. The van der Waals surface area contributed by atoms with E-state index < -0.39 is 16.1 Å². The lowest BCUT2D eigenvalue weighted by molar-refractivity contribution is -0.123. The van der Waals surface area contributed by atoms with Crippen molar-refractivity contribution in [3.05, 3.63) is 95.0 Å². The van der Waals surface area contributed by atoms with E-state index in [-0.39, 0.29) is 28.3 Å². The maximum absolute atomic E-state index is 13.2. The average molecular weight is 501 g/mol. The molecule has 3 aromatic carbocycles. The summed E-state index contributed by atoms with van der Waals surface area (Å²) in [4.78, 5) is 13.1. The molecule has 0 bridgehead atoms. The maximum atomic E-state index is 13.2. The van der Waals surface area contributed by atoms with E-state index in [0.29, 0.717) is 5.75 Å². The van der Waals surface area contributed by atoms with E-state index in [1.807, 2.05) is 67.6 Å². The number of amides is 1. The second kappa shape index (κ2) is 12.0. The van der Waals surface area contributed by atoms with Gasteiger partial charge in [-0.2, -0.15) is 4.72 Å². The average Bonchev–Trinajstić information content (AvgIpc) is 2.83. The number of rotatable bonds is 11. The molecular formula is C26H29ClN2O4S. The van der Waals surface area contributed by atoms with E-state index in [1.165, 1.54) is 30.9 Å². The highest BCUT2D eigenvalue weighted by Crippen LogP contribution is 2.27. The summed E-state index contributed by atoms with van der Waals surface area (Å²) < 4.78 is 33.9. The van der Waals surface area contributed by atoms with Gasteiger partial charge in [0.1, 0.15) is 11.8 Å². The molecule has 34 heavy (non-hydrogen) atoms. The minimum atomic E-state index is -4.01. The van der Waals surface area contributed by atoms with Crippen LogP contribution in [0, 0.1) is 0 Å². The van der Waals surface area contributed by atoms with Crippen LogP contribution >= 0.6 is 11.6 Å². The van der Waals surface area contributed by atoms with Crippen LogP contribution in [-0.4, -0.2) is 33.5 Å². The third-order valence-electron chi connectivity index (χ3n) is 5.43. The number of nitrogens with one attached hydrogen (secondary N) is 2. The molecule has 0 aliphatic heterocycles. The van der Waals surface area contributed by atoms with Crippen molar-refractivity contribution in [3.8, 4) is 5.75 Å². The topological polar surface area (TPSA) is 84.5 Å². The lowest BCUT2D eigenvalue weighted by Crippen LogP contribution is -2.50. The number of hydrogen-bond donors (Lipinski definition) is 2. The van der Waals surface area contributed by atoms with E-state index >= 15 is 0 Å². The molecule has 0 spiro atoms. The summed E-state index contributed by atoms with van der Waals surface area (Å²) in [6.07, 6.45) is 1.75. The monoisotopic (exact) mass is 500 g/mol. The zero-order valence-corrected chi connectivity index (χ0v) is 20.8. The quantitative estimate of drug-likeness (QED) is 0.409. The molecule has 0 saturated heterocycles. The summed E-state index contributed by atoms with van der Waals surface area (Å²) in [5.41, 5.74) is 2.02. The number of hydrogen-bond acceptors (Lipinski definition) is 4. The van der Waals surface area contributed by atoms with Gasteiger partial charge in [-0.25, -0.2) is 8.42 Å². The number of carbonyl (C=O) groups excluding carboxylic acids is 1. The van der Waals surface area contributed by atoms with Crippen molar-refractivity contribution in [2.24, 2.45) is 0 Å². The summed E-state index contributed by atoms with van der Waals surface area (Å²) in [5, 5.41) is 3.13. The smallest absolute Gasteiger partial charge is 0.241 e. The van der Waals surface area contributed by atoms with Gasteiger partial charge in [0.2, 0.25) is 15.9 Å². The molecule has 3 aromatic rings. The number of methoxy groups -OCH3 is 1. The van der Waals surface area contributed by atoms with E-state index in [2.05, 4.69) is 10.0 Å². The molecule has 0 aromatic heterocycles. The Bertz CT molecular complexity index is 1190. The zero-order chi connectivity index (χ0) is 24.6. The minimum absolute atomic E-state index is 0.0405.